The van der Waals surface area contributed by atoms with Gasteiger partial charge in [-0.05, 0) is 36.4 Å². The zero-order valence-electron chi connectivity index (χ0n) is 19.1. The summed E-state index contributed by atoms with van der Waals surface area (Å²) in [7, 11) is 0. The number of nitrogens with zero attached hydrogens (tertiary/aromatic N) is 3. The number of benzene rings is 3. The minimum absolute atomic E-state index is 0.143. The molecule has 1 atom stereocenters. The molecule has 0 bridgehead atoms. The number of aromatic nitrogens is 3. The van der Waals surface area contributed by atoms with Crippen molar-refractivity contribution in [1.29, 1.82) is 0 Å². The van der Waals surface area contributed by atoms with Gasteiger partial charge in [0, 0.05) is 17.4 Å². The van der Waals surface area contributed by atoms with Gasteiger partial charge in [0.05, 0.1) is 5.75 Å². The lowest BCUT2D eigenvalue weighted by Crippen LogP contribution is -2.24. The van der Waals surface area contributed by atoms with Gasteiger partial charge in [-0.3, -0.25) is 9.36 Å². The molecule has 6 rings (SSSR count). The molecule has 2 aliphatic rings. The zero-order chi connectivity index (χ0) is 24.3. The van der Waals surface area contributed by atoms with Gasteiger partial charge in [-0.2, -0.15) is 0 Å². The van der Waals surface area contributed by atoms with Crippen LogP contribution in [0.2, 0.25) is 0 Å². The second-order valence-corrected chi connectivity index (χ2v) is 9.01. The number of rotatable bonds is 6. The molecule has 0 fully saturated rings. The lowest BCUT2D eigenvalue weighted by molar-refractivity contribution is -0.113. The van der Waals surface area contributed by atoms with Crippen molar-refractivity contribution >= 4 is 23.4 Å². The molecule has 1 N–H and O–H groups in total. The summed E-state index contributed by atoms with van der Waals surface area (Å²) in [6.07, 6.45) is -0.450. The Bertz CT molecular complexity index is 1390. The normalized spacial score (nSPS) is 15.8. The molecule has 0 unspecified atom stereocenters. The van der Waals surface area contributed by atoms with Crippen LogP contribution in [0.15, 0.2) is 78.0 Å². The van der Waals surface area contributed by atoms with Crippen molar-refractivity contribution in [3.63, 3.8) is 0 Å². The maximum Gasteiger partial charge on any atom is 0.234 e. The number of anilines is 1. The fourth-order valence-corrected chi connectivity index (χ4v) is 4.76. The molecule has 3 heterocycles. The van der Waals surface area contributed by atoms with E-state index in [2.05, 4.69) is 15.5 Å². The molecule has 0 saturated heterocycles. The first-order chi connectivity index (χ1) is 17.7. The molecule has 9 nitrogen and oxygen atoms in total. The Morgan fingerprint density at radius 1 is 0.889 bits per heavy atom. The van der Waals surface area contributed by atoms with Crippen molar-refractivity contribution < 1.29 is 23.7 Å². The Hall–Kier alpha value is -4.18. The number of fused-ring (bicyclic) bond motifs is 2. The molecule has 1 amide bonds. The molecule has 0 radical (unpaired) electrons. The topological polar surface area (TPSA) is 96.7 Å². The zero-order valence-corrected chi connectivity index (χ0v) is 19.9. The number of para-hydroxylation sites is 3. The highest BCUT2D eigenvalue weighted by atomic mass is 32.2. The van der Waals surface area contributed by atoms with Crippen LogP contribution in [0, 0.1) is 0 Å². The molecule has 0 aliphatic carbocycles. The van der Waals surface area contributed by atoms with E-state index in [-0.39, 0.29) is 11.7 Å². The van der Waals surface area contributed by atoms with E-state index in [1.54, 1.807) is 18.2 Å². The lowest BCUT2D eigenvalue weighted by Gasteiger charge is -2.26. The molecule has 10 heteroatoms. The summed E-state index contributed by atoms with van der Waals surface area (Å²) in [6, 6.07) is 22.6. The largest absolute Gasteiger partial charge is 0.486 e. The first kappa shape index (κ1) is 22.3. The van der Waals surface area contributed by atoms with Gasteiger partial charge in [0.2, 0.25) is 5.91 Å². The van der Waals surface area contributed by atoms with E-state index in [1.807, 2.05) is 59.2 Å². The van der Waals surface area contributed by atoms with Crippen LogP contribution in [0.1, 0.15) is 11.9 Å². The van der Waals surface area contributed by atoms with Crippen LogP contribution < -0.4 is 24.3 Å². The molecule has 3 aromatic carbocycles. The van der Waals surface area contributed by atoms with E-state index in [1.165, 1.54) is 11.8 Å². The van der Waals surface area contributed by atoms with Gasteiger partial charge in [0.15, 0.2) is 40.1 Å². The SMILES string of the molecule is O=C(CSc1nnc([C@H]2COc3ccccc3O2)n1-c1ccccc1)Nc1ccc2c(c1)OCCO2. The fourth-order valence-electron chi connectivity index (χ4n) is 4.00. The molecule has 4 aromatic rings. The van der Waals surface area contributed by atoms with Gasteiger partial charge in [-0.25, -0.2) is 0 Å². The fraction of sp³-hybridized carbons (Fsp3) is 0.192. The monoisotopic (exact) mass is 502 g/mol. The van der Waals surface area contributed by atoms with Crippen molar-refractivity contribution in [2.75, 3.05) is 30.9 Å². The van der Waals surface area contributed by atoms with Crippen molar-refractivity contribution in [2.45, 2.75) is 11.3 Å². The standard InChI is InChI=1S/C26H22N4O5S/c31-24(27-17-10-11-20-22(14-17)33-13-12-32-20)16-36-26-29-28-25(30(26)18-6-2-1-3-7-18)23-15-34-19-8-4-5-9-21(19)35-23/h1-11,14,23H,12-13,15-16H2,(H,27,31)/t23-/m1/s1. The molecule has 2 aliphatic heterocycles. The highest BCUT2D eigenvalue weighted by molar-refractivity contribution is 7.99. The maximum atomic E-state index is 12.7. The predicted octanol–water partition coefficient (Wildman–Crippen LogP) is 4.28. The van der Waals surface area contributed by atoms with Crippen LogP contribution in [0.4, 0.5) is 5.69 Å². The van der Waals surface area contributed by atoms with Gasteiger partial charge in [-0.1, -0.05) is 42.1 Å². The van der Waals surface area contributed by atoms with E-state index in [9.17, 15) is 4.79 Å². The predicted molar refractivity (Wildman–Crippen MR) is 133 cm³/mol. The van der Waals surface area contributed by atoms with Gasteiger partial charge < -0.3 is 24.3 Å². The van der Waals surface area contributed by atoms with Crippen molar-refractivity contribution in [2.24, 2.45) is 0 Å². The van der Waals surface area contributed by atoms with E-state index in [0.29, 0.717) is 59.5 Å². The third kappa shape index (κ3) is 4.55. The average Bonchev–Trinajstić information content (AvgIpc) is 3.36. The Morgan fingerprint density at radius 3 is 2.50 bits per heavy atom. The third-order valence-corrected chi connectivity index (χ3v) is 6.56. The van der Waals surface area contributed by atoms with Crippen LogP contribution in [-0.4, -0.2) is 46.2 Å². The summed E-state index contributed by atoms with van der Waals surface area (Å²) in [5.41, 5.74) is 1.51. The van der Waals surface area contributed by atoms with Crippen LogP contribution in [-0.2, 0) is 4.79 Å². The second kappa shape index (κ2) is 9.82. The van der Waals surface area contributed by atoms with E-state index in [4.69, 9.17) is 18.9 Å². The summed E-state index contributed by atoms with van der Waals surface area (Å²) < 4.78 is 25.1. The number of ether oxygens (including phenoxy) is 4. The van der Waals surface area contributed by atoms with E-state index < -0.39 is 6.10 Å². The number of hydrogen-bond donors (Lipinski definition) is 1. The maximum absolute atomic E-state index is 12.7. The Balaban J connectivity index is 1.20. The molecule has 0 saturated carbocycles. The van der Waals surface area contributed by atoms with Crippen molar-refractivity contribution in [3.8, 4) is 28.7 Å². The summed E-state index contributed by atoms with van der Waals surface area (Å²) in [4.78, 5) is 12.7. The minimum Gasteiger partial charge on any atom is -0.486 e. The smallest absolute Gasteiger partial charge is 0.234 e. The summed E-state index contributed by atoms with van der Waals surface area (Å²) in [6.45, 7) is 1.31. The Labute approximate surface area is 211 Å². The van der Waals surface area contributed by atoms with Crippen LogP contribution in [0.3, 0.4) is 0 Å². The summed E-state index contributed by atoms with van der Waals surface area (Å²) in [5, 5.41) is 12.3. The average molecular weight is 503 g/mol. The Kier molecular flexibility index (Phi) is 6.08. The number of nitrogens with one attached hydrogen (secondary N) is 1. The van der Waals surface area contributed by atoms with Crippen LogP contribution in [0.5, 0.6) is 23.0 Å². The molecular formula is C26H22N4O5S. The summed E-state index contributed by atoms with van der Waals surface area (Å²) in [5.74, 6) is 3.22. The highest BCUT2D eigenvalue weighted by Gasteiger charge is 2.29. The summed E-state index contributed by atoms with van der Waals surface area (Å²) >= 11 is 1.29. The van der Waals surface area contributed by atoms with Crippen molar-refractivity contribution in [1.82, 2.24) is 14.8 Å². The van der Waals surface area contributed by atoms with Crippen LogP contribution >= 0.6 is 11.8 Å². The quantitative estimate of drug-likeness (QED) is 0.390. The number of thioether (sulfide) groups is 1. The highest BCUT2D eigenvalue weighted by Crippen LogP contribution is 2.37. The Morgan fingerprint density at radius 2 is 1.64 bits per heavy atom. The molecular weight excluding hydrogens is 480 g/mol. The van der Waals surface area contributed by atoms with Gasteiger partial charge >= 0.3 is 0 Å². The second-order valence-electron chi connectivity index (χ2n) is 8.07. The number of hydrogen-bond acceptors (Lipinski definition) is 8. The van der Waals surface area contributed by atoms with E-state index >= 15 is 0 Å². The number of amides is 1. The first-order valence-corrected chi connectivity index (χ1v) is 12.4. The van der Waals surface area contributed by atoms with Crippen molar-refractivity contribution in [3.05, 3.63) is 78.6 Å². The van der Waals surface area contributed by atoms with Gasteiger partial charge in [0.25, 0.3) is 0 Å². The number of carbonyl (C=O) groups excluding carboxylic acids is 1. The molecule has 36 heavy (non-hydrogen) atoms. The molecule has 182 valence electrons. The van der Waals surface area contributed by atoms with Gasteiger partial charge in [0.1, 0.15) is 19.8 Å². The van der Waals surface area contributed by atoms with Gasteiger partial charge in [-0.15, -0.1) is 10.2 Å². The first-order valence-electron chi connectivity index (χ1n) is 11.5. The van der Waals surface area contributed by atoms with Crippen LogP contribution in [0.25, 0.3) is 5.69 Å². The molecule has 0 spiro atoms. The lowest BCUT2D eigenvalue weighted by atomic mass is 10.2. The minimum atomic E-state index is -0.450. The van der Waals surface area contributed by atoms with E-state index in [0.717, 1.165) is 5.69 Å². The number of carbonyl (C=O) groups is 1. The molecule has 1 aromatic heterocycles. The third-order valence-electron chi connectivity index (χ3n) is 5.63.